The van der Waals surface area contributed by atoms with E-state index in [0.29, 0.717) is 16.3 Å². The number of ether oxygens (including phenoxy) is 1. The average Bonchev–Trinajstić information content (AvgIpc) is 2.55. The zero-order valence-corrected chi connectivity index (χ0v) is 12.8. The maximum absolute atomic E-state index is 11.9. The van der Waals surface area contributed by atoms with Crippen LogP contribution in [0.2, 0.25) is 5.02 Å². The molecule has 116 valence electrons. The van der Waals surface area contributed by atoms with E-state index in [0.717, 1.165) is 5.56 Å². The molecule has 2 aromatic carbocycles. The SMILES string of the molecule is N#CCC(=O)Nc1ccc(C(=O)OCc2ccc(Cl)cc2)cc1. The molecule has 0 bridgehead atoms. The summed E-state index contributed by atoms with van der Waals surface area (Å²) in [7, 11) is 0. The van der Waals surface area contributed by atoms with E-state index in [-0.39, 0.29) is 13.0 Å². The molecule has 0 aliphatic rings. The molecule has 0 unspecified atom stereocenters. The van der Waals surface area contributed by atoms with Crippen LogP contribution in [0.25, 0.3) is 0 Å². The molecule has 0 aliphatic carbocycles. The maximum atomic E-state index is 11.9. The molecule has 0 heterocycles. The number of carbonyl (C=O) groups is 2. The third-order valence-corrected chi connectivity index (χ3v) is 3.18. The number of hydrogen-bond donors (Lipinski definition) is 1. The number of rotatable bonds is 5. The molecular weight excluding hydrogens is 316 g/mol. The number of nitrogens with zero attached hydrogens (tertiary/aromatic N) is 1. The summed E-state index contributed by atoms with van der Waals surface area (Å²) in [6, 6.07) is 15.0. The Morgan fingerprint density at radius 1 is 1.09 bits per heavy atom. The number of esters is 1. The third kappa shape index (κ3) is 5.13. The summed E-state index contributed by atoms with van der Waals surface area (Å²) < 4.78 is 5.20. The van der Waals surface area contributed by atoms with Crippen LogP contribution < -0.4 is 5.32 Å². The number of benzene rings is 2. The number of nitrogens with one attached hydrogen (secondary N) is 1. The van der Waals surface area contributed by atoms with Crippen molar-refractivity contribution >= 4 is 29.2 Å². The van der Waals surface area contributed by atoms with Gasteiger partial charge in [0, 0.05) is 10.7 Å². The average molecular weight is 329 g/mol. The number of hydrogen-bond acceptors (Lipinski definition) is 4. The Labute approximate surface area is 138 Å². The summed E-state index contributed by atoms with van der Waals surface area (Å²) in [5, 5.41) is 11.6. The van der Waals surface area contributed by atoms with Crippen molar-refractivity contribution in [1.29, 1.82) is 5.26 Å². The van der Waals surface area contributed by atoms with E-state index in [1.165, 1.54) is 0 Å². The molecule has 0 aliphatic heterocycles. The lowest BCUT2D eigenvalue weighted by molar-refractivity contribution is -0.115. The Kier molecular flexibility index (Phi) is 5.73. The molecule has 6 heteroatoms. The quantitative estimate of drug-likeness (QED) is 0.851. The topological polar surface area (TPSA) is 79.2 Å². The Bertz CT molecular complexity index is 734. The number of carbonyl (C=O) groups excluding carboxylic acids is 2. The van der Waals surface area contributed by atoms with Crippen LogP contribution in [-0.2, 0) is 16.1 Å². The van der Waals surface area contributed by atoms with Crippen molar-refractivity contribution in [2.45, 2.75) is 13.0 Å². The van der Waals surface area contributed by atoms with Crippen LogP contribution in [0.5, 0.6) is 0 Å². The summed E-state index contributed by atoms with van der Waals surface area (Å²) in [6.07, 6.45) is -0.217. The zero-order chi connectivity index (χ0) is 16.7. The molecule has 2 rings (SSSR count). The Balaban J connectivity index is 1.91. The van der Waals surface area contributed by atoms with Crippen molar-refractivity contribution < 1.29 is 14.3 Å². The van der Waals surface area contributed by atoms with Gasteiger partial charge in [0.15, 0.2) is 0 Å². The second kappa shape index (κ2) is 7.97. The van der Waals surface area contributed by atoms with Gasteiger partial charge in [0.1, 0.15) is 13.0 Å². The van der Waals surface area contributed by atoms with Gasteiger partial charge in [-0.15, -0.1) is 0 Å². The van der Waals surface area contributed by atoms with Crippen LogP contribution in [-0.4, -0.2) is 11.9 Å². The summed E-state index contributed by atoms with van der Waals surface area (Å²) in [5.74, 6) is -0.861. The Morgan fingerprint density at radius 2 is 1.74 bits per heavy atom. The molecule has 23 heavy (non-hydrogen) atoms. The second-order valence-corrected chi connectivity index (χ2v) is 5.10. The first-order valence-electron chi connectivity index (χ1n) is 6.77. The summed E-state index contributed by atoms with van der Waals surface area (Å²) in [5.41, 5.74) is 1.72. The van der Waals surface area contributed by atoms with Crippen LogP contribution in [0.4, 0.5) is 5.69 Å². The highest BCUT2D eigenvalue weighted by Crippen LogP contribution is 2.13. The van der Waals surface area contributed by atoms with Gasteiger partial charge in [-0.1, -0.05) is 23.7 Å². The Hall–Kier alpha value is -2.84. The fraction of sp³-hybridized carbons (Fsp3) is 0.118. The molecule has 5 nitrogen and oxygen atoms in total. The molecule has 1 amide bonds. The summed E-state index contributed by atoms with van der Waals surface area (Å²) >= 11 is 5.79. The van der Waals surface area contributed by atoms with E-state index in [1.54, 1.807) is 54.6 Å². The predicted molar refractivity (Wildman–Crippen MR) is 85.9 cm³/mol. The van der Waals surface area contributed by atoms with E-state index in [4.69, 9.17) is 21.6 Å². The molecule has 0 spiro atoms. The standard InChI is InChI=1S/C17H13ClN2O3/c18-14-5-1-12(2-6-14)11-23-17(22)13-3-7-15(8-4-13)20-16(21)9-10-19/h1-8H,9,11H2,(H,20,21). The minimum Gasteiger partial charge on any atom is -0.457 e. The first-order valence-corrected chi connectivity index (χ1v) is 7.14. The lowest BCUT2D eigenvalue weighted by Gasteiger charge is -2.07. The van der Waals surface area contributed by atoms with Crippen molar-refractivity contribution in [1.82, 2.24) is 0 Å². The number of amides is 1. The number of halogens is 1. The first kappa shape index (κ1) is 16.5. The van der Waals surface area contributed by atoms with Crippen molar-refractivity contribution in [3.63, 3.8) is 0 Å². The highest BCUT2D eigenvalue weighted by Gasteiger charge is 2.08. The number of anilines is 1. The molecule has 0 fully saturated rings. The second-order valence-electron chi connectivity index (χ2n) is 4.66. The van der Waals surface area contributed by atoms with Crippen LogP contribution >= 0.6 is 11.6 Å². The zero-order valence-electron chi connectivity index (χ0n) is 12.1. The van der Waals surface area contributed by atoms with Gasteiger partial charge < -0.3 is 10.1 Å². The molecule has 0 saturated carbocycles. The minimum absolute atomic E-state index is 0.149. The van der Waals surface area contributed by atoms with Gasteiger partial charge >= 0.3 is 5.97 Å². The maximum Gasteiger partial charge on any atom is 0.338 e. The lowest BCUT2D eigenvalue weighted by atomic mass is 10.2. The van der Waals surface area contributed by atoms with Crippen LogP contribution in [0, 0.1) is 11.3 Å². The van der Waals surface area contributed by atoms with E-state index < -0.39 is 11.9 Å². The third-order valence-electron chi connectivity index (χ3n) is 2.93. The van der Waals surface area contributed by atoms with Gasteiger partial charge in [0.25, 0.3) is 0 Å². The monoisotopic (exact) mass is 328 g/mol. The highest BCUT2D eigenvalue weighted by atomic mass is 35.5. The molecule has 2 aromatic rings. The molecule has 1 N–H and O–H groups in total. The highest BCUT2D eigenvalue weighted by molar-refractivity contribution is 6.30. The van der Waals surface area contributed by atoms with Crippen LogP contribution in [0.15, 0.2) is 48.5 Å². The van der Waals surface area contributed by atoms with Crippen LogP contribution in [0.1, 0.15) is 22.3 Å². The van der Waals surface area contributed by atoms with Gasteiger partial charge in [-0.3, -0.25) is 4.79 Å². The van der Waals surface area contributed by atoms with Crippen molar-refractivity contribution in [2.24, 2.45) is 0 Å². The van der Waals surface area contributed by atoms with Gasteiger partial charge in [-0.25, -0.2) is 4.79 Å². The predicted octanol–water partition coefficient (Wildman–Crippen LogP) is 3.55. The van der Waals surface area contributed by atoms with Gasteiger partial charge in [-0.05, 0) is 42.0 Å². The van der Waals surface area contributed by atoms with E-state index >= 15 is 0 Å². The van der Waals surface area contributed by atoms with Crippen molar-refractivity contribution in [2.75, 3.05) is 5.32 Å². The minimum atomic E-state index is -0.463. The summed E-state index contributed by atoms with van der Waals surface area (Å²) in [4.78, 5) is 23.2. The number of nitriles is 1. The molecular formula is C17H13ClN2O3. The molecule has 0 saturated heterocycles. The fourth-order valence-electron chi connectivity index (χ4n) is 1.78. The summed E-state index contributed by atoms with van der Waals surface area (Å²) in [6.45, 7) is 0.149. The normalized spacial score (nSPS) is 9.74. The van der Waals surface area contributed by atoms with E-state index in [9.17, 15) is 9.59 Å². The van der Waals surface area contributed by atoms with Gasteiger partial charge in [-0.2, -0.15) is 5.26 Å². The smallest absolute Gasteiger partial charge is 0.338 e. The fourth-order valence-corrected chi connectivity index (χ4v) is 1.91. The lowest BCUT2D eigenvalue weighted by Crippen LogP contribution is -2.10. The van der Waals surface area contributed by atoms with E-state index in [1.807, 2.05) is 0 Å². The largest absolute Gasteiger partial charge is 0.457 e. The van der Waals surface area contributed by atoms with Crippen molar-refractivity contribution in [3.8, 4) is 6.07 Å². The molecule has 0 atom stereocenters. The molecule has 0 aromatic heterocycles. The van der Waals surface area contributed by atoms with E-state index in [2.05, 4.69) is 5.32 Å². The molecule has 0 radical (unpaired) electrons. The van der Waals surface area contributed by atoms with Crippen molar-refractivity contribution in [3.05, 3.63) is 64.7 Å². The Morgan fingerprint density at radius 3 is 2.35 bits per heavy atom. The van der Waals surface area contributed by atoms with Gasteiger partial charge in [0.2, 0.25) is 5.91 Å². The first-order chi connectivity index (χ1) is 11.1. The van der Waals surface area contributed by atoms with Gasteiger partial charge in [0.05, 0.1) is 11.6 Å². The van der Waals surface area contributed by atoms with Crippen LogP contribution in [0.3, 0.4) is 0 Å².